The maximum absolute atomic E-state index is 12.5. The van der Waals surface area contributed by atoms with E-state index in [9.17, 15) is 4.79 Å². The second-order valence-corrected chi connectivity index (χ2v) is 6.63. The molecule has 0 atom stereocenters. The lowest BCUT2D eigenvalue weighted by Crippen LogP contribution is -2.21. The monoisotopic (exact) mass is 377 g/mol. The molecule has 1 aromatic heterocycles. The van der Waals surface area contributed by atoms with Gasteiger partial charge in [-0.2, -0.15) is 0 Å². The van der Waals surface area contributed by atoms with Gasteiger partial charge in [0, 0.05) is 36.0 Å². The first kappa shape index (κ1) is 19.7. The predicted octanol–water partition coefficient (Wildman–Crippen LogP) is 5.31. The number of hydrogen-bond donors (Lipinski definition) is 1. The van der Waals surface area contributed by atoms with Gasteiger partial charge in [-0.1, -0.05) is 11.6 Å². The molecule has 1 heterocycles. The van der Waals surface area contributed by atoms with Crippen molar-refractivity contribution in [2.75, 3.05) is 29.9 Å². The molecule has 0 aliphatic rings. The number of esters is 1. The molecule has 2 aromatic carbocycles. The Labute approximate surface area is 166 Å². The van der Waals surface area contributed by atoms with Crippen LogP contribution in [0.5, 0.6) is 0 Å². The van der Waals surface area contributed by atoms with Crippen LogP contribution < -0.4 is 10.2 Å². The molecular weight excluding hydrogens is 350 g/mol. The molecule has 1 N–H and O–H groups in total. The molecule has 3 rings (SSSR count). The number of nitrogens with zero attached hydrogens (tertiary/aromatic N) is 2. The largest absolute Gasteiger partial charge is 0.462 e. The fourth-order valence-electron chi connectivity index (χ4n) is 3.29. The Morgan fingerprint density at radius 2 is 1.79 bits per heavy atom. The van der Waals surface area contributed by atoms with Crippen molar-refractivity contribution in [1.29, 1.82) is 0 Å². The summed E-state index contributed by atoms with van der Waals surface area (Å²) in [5, 5.41) is 4.33. The van der Waals surface area contributed by atoms with E-state index in [1.54, 1.807) is 13.1 Å². The van der Waals surface area contributed by atoms with Crippen molar-refractivity contribution in [3.8, 4) is 0 Å². The molecule has 3 aromatic rings. The Bertz CT molecular complexity index is 963. The molecule has 5 heteroatoms. The number of pyridine rings is 1. The predicted molar refractivity (Wildman–Crippen MR) is 116 cm³/mol. The summed E-state index contributed by atoms with van der Waals surface area (Å²) < 4.78 is 5.24. The third-order valence-corrected chi connectivity index (χ3v) is 4.78. The molecule has 28 heavy (non-hydrogen) atoms. The third-order valence-electron chi connectivity index (χ3n) is 4.78. The summed E-state index contributed by atoms with van der Waals surface area (Å²) in [5.41, 5.74) is 5.19. The van der Waals surface area contributed by atoms with Gasteiger partial charge >= 0.3 is 5.97 Å². The van der Waals surface area contributed by atoms with E-state index in [1.807, 2.05) is 37.3 Å². The van der Waals surface area contributed by atoms with Gasteiger partial charge in [0.15, 0.2) is 0 Å². The van der Waals surface area contributed by atoms with Gasteiger partial charge < -0.3 is 15.0 Å². The first-order valence-corrected chi connectivity index (χ1v) is 9.75. The number of anilines is 3. The molecule has 146 valence electrons. The van der Waals surface area contributed by atoms with Crippen LogP contribution in [0.1, 0.15) is 36.7 Å². The lowest BCUT2D eigenvalue weighted by Gasteiger charge is -2.21. The van der Waals surface area contributed by atoms with E-state index in [4.69, 9.17) is 4.74 Å². The number of benzene rings is 2. The Balaban J connectivity index is 2.03. The Morgan fingerprint density at radius 3 is 2.43 bits per heavy atom. The van der Waals surface area contributed by atoms with Crippen molar-refractivity contribution in [2.24, 2.45) is 0 Å². The van der Waals surface area contributed by atoms with Gasteiger partial charge in [-0.3, -0.25) is 4.98 Å². The Kier molecular flexibility index (Phi) is 6.14. The number of carbonyl (C=O) groups is 1. The summed E-state index contributed by atoms with van der Waals surface area (Å²) in [6, 6.07) is 14.3. The summed E-state index contributed by atoms with van der Waals surface area (Å²) in [6.07, 6.45) is 1.59. The zero-order valence-corrected chi connectivity index (χ0v) is 17.0. The number of ether oxygens (including phenoxy) is 1. The van der Waals surface area contributed by atoms with Crippen LogP contribution >= 0.6 is 0 Å². The molecule has 5 nitrogen and oxygen atoms in total. The SMILES string of the molecule is CCOC(=O)c1cnc2ccc(C)cc2c1Nc1ccc(N(CC)CC)cc1. The van der Waals surface area contributed by atoms with E-state index < -0.39 is 0 Å². The zero-order chi connectivity index (χ0) is 20.1. The highest BCUT2D eigenvalue weighted by Gasteiger charge is 2.17. The molecule has 0 amide bonds. The van der Waals surface area contributed by atoms with E-state index in [2.05, 4.69) is 41.2 Å². The molecule has 0 aliphatic carbocycles. The second kappa shape index (κ2) is 8.74. The van der Waals surface area contributed by atoms with Crippen LogP contribution in [0.2, 0.25) is 0 Å². The van der Waals surface area contributed by atoms with Gasteiger partial charge in [0.25, 0.3) is 0 Å². The summed E-state index contributed by atoms with van der Waals surface area (Å²) in [5.74, 6) is -0.374. The minimum atomic E-state index is -0.374. The maximum Gasteiger partial charge on any atom is 0.341 e. The summed E-state index contributed by atoms with van der Waals surface area (Å²) in [6.45, 7) is 10.4. The number of aromatic nitrogens is 1. The minimum absolute atomic E-state index is 0.322. The maximum atomic E-state index is 12.5. The number of carbonyl (C=O) groups excluding carboxylic acids is 1. The highest BCUT2D eigenvalue weighted by molar-refractivity contribution is 6.06. The van der Waals surface area contributed by atoms with E-state index >= 15 is 0 Å². The van der Waals surface area contributed by atoms with E-state index in [0.29, 0.717) is 12.2 Å². The van der Waals surface area contributed by atoms with Gasteiger partial charge in [-0.05, 0) is 64.1 Å². The van der Waals surface area contributed by atoms with E-state index in [0.717, 1.165) is 40.9 Å². The molecule has 0 radical (unpaired) electrons. The van der Waals surface area contributed by atoms with Crippen molar-refractivity contribution in [3.05, 3.63) is 59.8 Å². The van der Waals surface area contributed by atoms with E-state index in [1.165, 1.54) is 5.69 Å². The van der Waals surface area contributed by atoms with Gasteiger partial charge in [-0.15, -0.1) is 0 Å². The molecule has 0 spiro atoms. The average molecular weight is 377 g/mol. The average Bonchev–Trinajstić information content (AvgIpc) is 2.70. The van der Waals surface area contributed by atoms with Crippen LogP contribution in [0.3, 0.4) is 0 Å². The fraction of sp³-hybridized carbons (Fsp3) is 0.304. The number of aryl methyl sites for hydroxylation is 1. The number of rotatable bonds is 7. The van der Waals surface area contributed by atoms with Crippen LogP contribution in [0.25, 0.3) is 10.9 Å². The lowest BCUT2D eigenvalue weighted by molar-refractivity contribution is 0.0527. The zero-order valence-electron chi connectivity index (χ0n) is 17.0. The molecular formula is C23H27N3O2. The molecule has 0 unspecified atom stereocenters. The molecule has 0 saturated carbocycles. The van der Waals surface area contributed by atoms with Crippen molar-refractivity contribution < 1.29 is 9.53 Å². The van der Waals surface area contributed by atoms with Crippen molar-refractivity contribution in [1.82, 2.24) is 4.98 Å². The highest BCUT2D eigenvalue weighted by Crippen LogP contribution is 2.31. The molecule has 0 bridgehead atoms. The van der Waals surface area contributed by atoms with Crippen LogP contribution in [-0.2, 0) is 4.74 Å². The smallest absolute Gasteiger partial charge is 0.341 e. The molecule has 0 aliphatic heterocycles. The third kappa shape index (κ3) is 4.09. The first-order chi connectivity index (χ1) is 13.6. The first-order valence-electron chi connectivity index (χ1n) is 9.75. The van der Waals surface area contributed by atoms with Gasteiger partial charge in [0.1, 0.15) is 5.56 Å². The fourth-order valence-corrected chi connectivity index (χ4v) is 3.29. The summed E-state index contributed by atoms with van der Waals surface area (Å²) >= 11 is 0. The topological polar surface area (TPSA) is 54.5 Å². The number of nitrogens with one attached hydrogen (secondary N) is 1. The van der Waals surface area contributed by atoms with Crippen LogP contribution in [-0.4, -0.2) is 30.6 Å². The van der Waals surface area contributed by atoms with Gasteiger partial charge in [-0.25, -0.2) is 4.79 Å². The van der Waals surface area contributed by atoms with Crippen LogP contribution in [0.15, 0.2) is 48.7 Å². The van der Waals surface area contributed by atoms with Gasteiger partial charge in [0.2, 0.25) is 0 Å². The summed E-state index contributed by atoms with van der Waals surface area (Å²) in [4.78, 5) is 19.2. The standard InChI is InChI=1S/C23H27N3O2/c1-5-26(6-2)18-11-9-17(10-12-18)25-22-19-14-16(4)8-13-21(19)24-15-20(22)23(27)28-7-3/h8-15H,5-7H2,1-4H3,(H,24,25). The normalized spacial score (nSPS) is 10.7. The summed E-state index contributed by atoms with van der Waals surface area (Å²) in [7, 11) is 0. The van der Waals surface area contributed by atoms with E-state index in [-0.39, 0.29) is 5.97 Å². The van der Waals surface area contributed by atoms with Crippen molar-refractivity contribution >= 4 is 33.9 Å². The highest BCUT2D eigenvalue weighted by atomic mass is 16.5. The molecule has 0 fully saturated rings. The Morgan fingerprint density at radius 1 is 1.07 bits per heavy atom. The lowest BCUT2D eigenvalue weighted by atomic mass is 10.1. The number of hydrogen-bond acceptors (Lipinski definition) is 5. The quantitative estimate of drug-likeness (QED) is 0.566. The van der Waals surface area contributed by atoms with Crippen LogP contribution in [0, 0.1) is 6.92 Å². The number of fused-ring (bicyclic) bond motifs is 1. The second-order valence-electron chi connectivity index (χ2n) is 6.63. The van der Waals surface area contributed by atoms with Crippen molar-refractivity contribution in [2.45, 2.75) is 27.7 Å². The van der Waals surface area contributed by atoms with Crippen LogP contribution in [0.4, 0.5) is 17.1 Å². The minimum Gasteiger partial charge on any atom is -0.462 e. The van der Waals surface area contributed by atoms with Gasteiger partial charge in [0.05, 0.1) is 17.8 Å². The Hall–Kier alpha value is -3.08. The molecule has 0 saturated heterocycles. The van der Waals surface area contributed by atoms with Crippen molar-refractivity contribution in [3.63, 3.8) is 0 Å².